The van der Waals surface area contributed by atoms with E-state index in [-0.39, 0.29) is 17.7 Å². The van der Waals surface area contributed by atoms with Crippen molar-refractivity contribution in [2.45, 2.75) is 19.8 Å². The number of carbonyl (C=O) groups is 2. The number of benzene rings is 2. The second-order valence-corrected chi connectivity index (χ2v) is 7.37. The quantitative estimate of drug-likeness (QED) is 0.763. The number of aromatic nitrogens is 1. The van der Waals surface area contributed by atoms with Gasteiger partial charge in [-0.15, -0.1) is 0 Å². The fraction of sp³-hybridized carbons (Fsp3) is 0.261. The number of rotatable bonds is 3. The van der Waals surface area contributed by atoms with E-state index in [9.17, 15) is 9.59 Å². The molecule has 1 fully saturated rings. The van der Waals surface area contributed by atoms with Crippen molar-refractivity contribution in [3.8, 4) is 11.1 Å². The predicted octanol–water partition coefficient (Wildman–Crippen LogP) is 3.55. The maximum Gasteiger partial charge on any atom is 0.253 e. The number of amides is 2. The van der Waals surface area contributed by atoms with Gasteiger partial charge in [0.05, 0.1) is 5.52 Å². The Morgan fingerprint density at radius 3 is 2.39 bits per heavy atom. The minimum atomic E-state index is -0.267. The van der Waals surface area contributed by atoms with Gasteiger partial charge < -0.3 is 10.6 Å². The fourth-order valence-corrected chi connectivity index (χ4v) is 3.85. The summed E-state index contributed by atoms with van der Waals surface area (Å²) in [4.78, 5) is 30.5. The molecule has 1 aliphatic heterocycles. The number of nitrogens with two attached hydrogens (primary N) is 1. The number of nitrogens with zero attached hydrogens (tertiary/aromatic N) is 2. The molecule has 4 rings (SSSR count). The Bertz CT molecular complexity index is 1040. The molecule has 0 radical (unpaired) electrons. The van der Waals surface area contributed by atoms with Crippen LogP contribution in [0.15, 0.2) is 54.6 Å². The van der Waals surface area contributed by atoms with Crippen LogP contribution in [0.4, 0.5) is 0 Å². The summed E-state index contributed by atoms with van der Waals surface area (Å²) in [5.41, 5.74) is 10.2. The highest BCUT2D eigenvalue weighted by atomic mass is 16.2. The Balaban J connectivity index is 1.55. The summed E-state index contributed by atoms with van der Waals surface area (Å²) < 4.78 is 0. The monoisotopic (exact) mass is 373 g/mol. The lowest BCUT2D eigenvalue weighted by Gasteiger charge is -2.30. The Labute approximate surface area is 164 Å². The minimum Gasteiger partial charge on any atom is -0.369 e. The standard InChI is InChI=1S/C23H23N3O2/c1-15-5-10-20-19(3-2-4-21(20)25-15)16-6-8-18(9-7-16)23(28)26-13-11-17(12-14-26)22(24)27/h2-10,17H,11-14H2,1H3,(H2,24,27). The molecule has 0 saturated carbocycles. The number of pyridine rings is 1. The first-order valence-electron chi connectivity index (χ1n) is 9.58. The zero-order valence-electron chi connectivity index (χ0n) is 15.9. The van der Waals surface area contributed by atoms with Crippen LogP contribution >= 0.6 is 0 Å². The second kappa shape index (κ2) is 7.43. The van der Waals surface area contributed by atoms with Crippen LogP contribution in [-0.2, 0) is 4.79 Å². The van der Waals surface area contributed by atoms with Gasteiger partial charge in [-0.2, -0.15) is 0 Å². The molecule has 0 unspecified atom stereocenters. The molecule has 0 spiro atoms. The molecule has 1 aromatic heterocycles. The largest absolute Gasteiger partial charge is 0.369 e. The fourth-order valence-electron chi connectivity index (χ4n) is 3.85. The van der Waals surface area contributed by atoms with Crippen LogP contribution in [0.25, 0.3) is 22.0 Å². The predicted molar refractivity (Wildman–Crippen MR) is 110 cm³/mol. The van der Waals surface area contributed by atoms with Crippen molar-refractivity contribution in [3.05, 3.63) is 65.9 Å². The van der Waals surface area contributed by atoms with Gasteiger partial charge in [0.2, 0.25) is 5.91 Å². The molecule has 0 atom stereocenters. The van der Waals surface area contributed by atoms with Crippen LogP contribution in [0.3, 0.4) is 0 Å². The third-order valence-corrected chi connectivity index (χ3v) is 5.50. The molecule has 1 aliphatic rings. The van der Waals surface area contributed by atoms with Crippen molar-refractivity contribution < 1.29 is 9.59 Å². The van der Waals surface area contributed by atoms with Gasteiger partial charge >= 0.3 is 0 Å². The number of aryl methyl sites for hydroxylation is 1. The van der Waals surface area contributed by atoms with Crippen molar-refractivity contribution >= 4 is 22.7 Å². The van der Waals surface area contributed by atoms with Gasteiger partial charge in [0.1, 0.15) is 0 Å². The molecule has 1 saturated heterocycles. The van der Waals surface area contributed by atoms with Crippen LogP contribution in [0.1, 0.15) is 28.9 Å². The number of fused-ring (bicyclic) bond motifs is 1. The van der Waals surface area contributed by atoms with Gasteiger partial charge in [-0.3, -0.25) is 14.6 Å². The van der Waals surface area contributed by atoms with Gasteiger partial charge in [-0.05, 0) is 55.2 Å². The maximum atomic E-state index is 12.8. The van der Waals surface area contributed by atoms with E-state index in [1.165, 1.54) is 0 Å². The summed E-state index contributed by atoms with van der Waals surface area (Å²) in [6.07, 6.45) is 1.28. The molecule has 5 heteroatoms. The zero-order chi connectivity index (χ0) is 19.7. The Morgan fingerprint density at radius 1 is 1.00 bits per heavy atom. The molecule has 28 heavy (non-hydrogen) atoms. The molecule has 142 valence electrons. The van der Waals surface area contributed by atoms with Crippen molar-refractivity contribution in [1.29, 1.82) is 0 Å². The summed E-state index contributed by atoms with van der Waals surface area (Å²) in [6.45, 7) is 3.13. The van der Waals surface area contributed by atoms with Crippen LogP contribution in [0.5, 0.6) is 0 Å². The Kier molecular flexibility index (Phi) is 4.82. The number of piperidine rings is 1. The number of likely N-dealkylation sites (tertiary alicyclic amines) is 1. The number of hydrogen-bond donors (Lipinski definition) is 1. The van der Waals surface area contributed by atoms with Crippen LogP contribution in [0, 0.1) is 12.8 Å². The van der Waals surface area contributed by atoms with Crippen molar-refractivity contribution in [3.63, 3.8) is 0 Å². The summed E-state index contributed by atoms with van der Waals surface area (Å²) in [6, 6.07) is 17.9. The Hall–Kier alpha value is -3.21. The van der Waals surface area contributed by atoms with Gasteiger partial charge in [0.15, 0.2) is 0 Å². The van der Waals surface area contributed by atoms with Gasteiger partial charge in [0, 0.05) is 35.7 Å². The smallest absolute Gasteiger partial charge is 0.253 e. The third-order valence-electron chi connectivity index (χ3n) is 5.50. The molecule has 2 heterocycles. The normalized spacial score (nSPS) is 15.0. The van der Waals surface area contributed by atoms with E-state index in [0.717, 1.165) is 27.7 Å². The van der Waals surface area contributed by atoms with Crippen molar-refractivity contribution in [2.75, 3.05) is 13.1 Å². The molecule has 0 bridgehead atoms. The lowest BCUT2D eigenvalue weighted by atomic mass is 9.95. The van der Waals surface area contributed by atoms with E-state index < -0.39 is 0 Å². The van der Waals surface area contributed by atoms with E-state index in [1.54, 1.807) is 4.90 Å². The van der Waals surface area contributed by atoms with E-state index in [2.05, 4.69) is 17.1 Å². The summed E-state index contributed by atoms with van der Waals surface area (Å²) in [7, 11) is 0. The SMILES string of the molecule is Cc1ccc2c(-c3ccc(C(=O)N4CCC(C(N)=O)CC4)cc3)cccc2n1. The van der Waals surface area contributed by atoms with E-state index >= 15 is 0 Å². The van der Waals surface area contributed by atoms with Crippen LogP contribution in [-0.4, -0.2) is 34.8 Å². The molecule has 5 nitrogen and oxygen atoms in total. The average molecular weight is 373 g/mol. The highest BCUT2D eigenvalue weighted by molar-refractivity contribution is 5.97. The number of carbonyl (C=O) groups excluding carboxylic acids is 2. The zero-order valence-corrected chi connectivity index (χ0v) is 15.9. The molecule has 0 aliphatic carbocycles. The van der Waals surface area contributed by atoms with Gasteiger partial charge in [0.25, 0.3) is 5.91 Å². The first-order chi connectivity index (χ1) is 13.5. The van der Waals surface area contributed by atoms with E-state index in [1.807, 2.05) is 49.4 Å². The molecular weight excluding hydrogens is 350 g/mol. The molecule has 2 amide bonds. The second-order valence-electron chi connectivity index (χ2n) is 7.37. The summed E-state index contributed by atoms with van der Waals surface area (Å²) in [5, 5.41) is 1.10. The van der Waals surface area contributed by atoms with Crippen molar-refractivity contribution in [2.24, 2.45) is 11.7 Å². The molecular formula is C23H23N3O2. The topological polar surface area (TPSA) is 76.3 Å². The number of primary amides is 1. The molecule has 2 aromatic carbocycles. The third kappa shape index (κ3) is 3.48. The maximum absolute atomic E-state index is 12.8. The van der Waals surface area contributed by atoms with E-state index in [0.29, 0.717) is 31.5 Å². The van der Waals surface area contributed by atoms with Gasteiger partial charge in [-0.1, -0.05) is 30.3 Å². The highest BCUT2D eigenvalue weighted by Gasteiger charge is 2.26. The highest BCUT2D eigenvalue weighted by Crippen LogP contribution is 2.28. The van der Waals surface area contributed by atoms with E-state index in [4.69, 9.17) is 5.73 Å². The Morgan fingerprint density at radius 2 is 1.71 bits per heavy atom. The first-order valence-corrected chi connectivity index (χ1v) is 9.58. The summed E-state index contributed by atoms with van der Waals surface area (Å²) >= 11 is 0. The lowest BCUT2D eigenvalue weighted by molar-refractivity contribution is -0.123. The summed E-state index contributed by atoms with van der Waals surface area (Å²) in [5.74, 6) is -0.379. The number of hydrogen-bond acceptors (Lipinski definition) is 3. The minimum absolute atomic E-state index is 0.00433. The van der Waals surface area contributed by atoms with Crippen LogP contribution < -0.4 is 5.73 Å². The van der Waals surface area contributed by atoms with Crippen LogP contribution in [0.2, 0.25) is 0 Å². The molecule has 2 N–H and O–H groups in total. The average Bonchev–Trinajstić information content (AvgIpc) is 2.73. The van der Waals surface area contributed by atoms with Crippen molar-refractivity contribution in [1.82, 2.24) is 9.88 Å². The first kappa shape index (κ1) is 18.2. The molecule has 3 aromatic rings. The van der Waals surface area contributed by atoms with Gasteiger partial charge in [-0.25, -0.2) is 0 Å². The lowest BCUT2D eigenvalue weighted by Crippen LogP contribution is -2.41.